The number of para-hydroxylation sites is 1. The fourth-order valence-electron chi connectivity index (χ4n) is 4.96. The second kappa shape index (κ2) is 6.73. The number of carbonyl (C=O) groups is 1. The van der Waals surface area contributed by atoms with Crippen LogP contribution in [0, 0.1) is 0 Å². The molecule has 2 bridgehead atoms. The van der Waals surface area contributed by atoms with E-state index in [9.17, 15) is 4.79 Å². The van der Waals surface area contributed by atoms with Gasteiger partial charge < -0.3 is 14.8 Å². The molecular formula is C23H23N5O3S. The first-order valence-electron chi connectivity index (χ1n) is 10.7. The lowest BCUT2D eigenvalue weighted by molar-refractivity contribution is 0.0154. The standard InChI is InChI=1S/C23H23N5O3S/c1-13(2)31-20-14(19(29)25-15-5-4-6-16-18(15)24-12-32-16)7-28-8-17(26-21(28)27-20)23-9-22(3,10-23)30-11-23/h4-8,12-13H,9-11H2,1-3H3,(H,25,29). The first kappa shape index (κ1) is 19.6. The zero-order valence-electron chi connectivity index (χ0n) is 18.1. The van der Waals surface area contributed by atoms with Crippen LogP contribution in [0.4, 0.5) is 5.69 Å². The van der Waals surface area contributed by atoms with E-state index in [1.807, 2.05) is 42.6 Å². The number of thiazole rings is 1. The lowest BCUT2D eigenvalue weighted by atomic mass is 9.62. The Balaban J connectivity index is 1.39. The van der Waals surface area contributed by atoms with Gasteiger partial charge in [0.1, 0.15) is 11.1 Å². The second-order valence-corrected chi connectivity index (χ2v) is 10.2. The molecule has 9 heteroatoms. The Morgan fingerprint density at radius 1 is 1.28 bits per heavy atom. The number of nitrogens with one attached hydrogen (secondary N) is 1. The number of rotatable bonds is 5. The van der Waals surface area contributed by atoms with Crippen LogP contribution < -0.4 is 10.1 Å². The SMILES string of the molecule is CC(C)Oc1nc2nc(C34COC(C)(C3)C4)cn2cc1C(=O)Nc1cccc2scnc12. The van der Waals surface area contributed by atoms with Gasteiger partial charge in [-0.2, -0.15) is 4.98 Å². The highest BCUT2D eigenvalue weighted by atomic mass is 32.1. The summed E-state index contributed by atoms with van der Waals surface area (Å²) < 4.78 is 14.7. The highest BCUT2D eigenvalue weighted by molar-refractivity contribution is 7.16. The fraction of sp³-hybridized carbons (Fsp3) is 0.391. The quantitative estimate of drug-likeness (QED) is 0.491. The predicted octanol–water partition coefficient (Wildman–Crippen LogP) is 4.20. The second-order valence-electron chi connectivity index (χ2n) is 9.29. The molecule has 1 amide bonds. The van der Waals surface area contributed by atoms with E-state index >= 15 is 0 Å². The van der Waals surface area contributed by atoms with E-state index in [4.69, 9.17) is 14.5 Å². The number of aromatic nitrogens is 4. The molecule has 3 aliphatic rings. The third kappa shape index (κ3) is 2.99. The number of anilines is 1. The van der Waals surface area contributed by atoms with E-state index in [-0.39, 0.29) is 28.9 Å². The van der Waals surface area contributed by atoms with Crippen LogP contribution in [-0.4, -0.2) is 43.6 Å². The summed E-state index contributed by atoms with van der Waals surface area (Å²) in [5.74, 6) is 0.485. The Hall–Kier alpha value is -3.04. The third-order valence-corrected chi connectivity index (χ3v) is 7.07. The zero-order chi connectivity index (χ0) is 22.1. The highest BCUT2D eigenvalue weighted by Gasteiger charge is 2.61. The number of ether oxygens (including phenoxy) is 2. The molecule has 5 heterocycles. The molecular weight excluding hydrogens is 426 g/mol. The van der Waals surface area contributed by atoms with Crippen LogP contribution in [0.5, 0.6) is 5.88 Å². The number of amides is 1. The third-order valence-electron chi connectivity index (χ3n) is 6.28. The van der Waals surface area contributed by atoms with Crippen molar-refractivity contribution in [3.8, 4) is 5.88 Å². The molecule has 1 aromatic carbocycles. The van der Waals surface area contributed by atoms with Gasteiger partial charge in [-0.05, 0) is 45.7 Å². The molecule has 3 fully saturated rings. The maximum absolute atomic E-state index is 13.3. The summed E-state index contributed by atoms with van der Waals surface area (Å²) in [5, 5.41) is 2.98. The van der Waals surface area contributed by atoms with Gasteiger partial charge >= 0.3 is 0 Å². The molecule has 2 saturated heterocycles. The van der Waals surface area contributed by atoms with Gasteiger partial charge in [-0.15, -0.1) is 11.3 Å². The Morgan fingerprint density at radius 3 is 2.88 bits per heavy atom. The average molecular weight is 450 g/mol. The maximum Gasteiger partial charge on any atom is 0.262 e. The highest BCUT2D eigenvalue weighted by Crippen LogP contribution is 2.58. The van der Waals surface area contributed by atoms with E-state index in [0.29, 0.717) is 23.6 Å². The van der Waals surface area contributed by atoms with Gasteiger partial charge in [-0.1, -0.05) is 6.07 Å². The molecule has 0 unspecified atom stereocenters. The molecule has 32 heavy (non-hydrogen) atoms. The predicted molar refractivity (Wildman–Crippen MR) is 122 cm³/mol. The lowest BCUT2D eigenvalue weighted by Gasteiger charge is -2.41. The van der Waals surface area contributed by atoms with Crippen LogP contribution >= 0.6 is 11.3 Å². The molecule has 0 radical (unpaired) electrons. The van der Waals surface area contributed by atoms with E-state index in [0.717, 1.165) is 28.8 Å². The van der Waals surface area contributed by atoms with Crippen molar-refractivity contribution in [2.45, 2.75) is 50.7 Å². The van der Waals surface area contributed by atoms with Gasteiger partial charge in [0.25, 0.3) is 5.91 Å². The summed E-state index contributed by atoms with van der Waals surface area (Å²) in [6, 6.07) is 5.73. The lowest BCUT2D eigenvalue weighted by Crippen LogP contribution is -2.45. The topological polar surface area (TPSA) is 90.6 Å². The summed E-state index contributed by atoms with van der Waals surface area (Å²) in [6.07, 6.45) is 5.50. The van der Waals surface area contributed by atoms with Crippen molar-refractivity contribution >= 4 is 38.9 Å². The summed E-state index contributed by atoms with van der Waals surface area (Å²) in [5.41, 5.74) is 4.42. The average Bonchev–Trinajstić information content (AvgIpc) is 3.48. The van der Waals surface area contributed by atoms with E-state index in [1.54, 1.807) is 11.7 Å². The molecule has 1 aliphatic carbocycles. The van der Waals surface area contributed by atoms with Gasteiger partial charge in [0.15, 0.2) is 0 Å². The normalized spacial score (nSPS) is 24.2. The molecule has 4 aromatic rings. The molecule has 0 atom stereocenters. The van der Waals surface area contributed by atoms with Crippen LogP contribution in [0.15, 0.2) is 36.1 Å². The van der Waals surface area contributed by atoms with Gasteiger partial charge in [-0.25, -0.2) is 9.97 Å². The van der Waals surface area contributed by atoms with Crippen molar-refractivity contribution in [1.82, 2.24) is 19.4 Å². The van der Waals surface area contributed by atoms with Crippen molar-refractivity contribution in [2.75, 3.05) is 11.9 Å². The summed E-state index contributed by atoms with van der Waals surface area (Å²) in [7, 11) is 0. The number of fused-ring (bicyclic) bond motifs is 3. The Labute approximate surface area is 188 Å². The van der Waals surface area contributed by atoms with E-state index in [2.05, 4.69) is 22.2 Å². The number of carbonyl (C=O) groups excluding carboxylic acids is 1. The summed E-state index contributed by atoms with van der Waals surface area (Å²) in [6.45, 7) is 6.63. The van der Waals surface area contributed by atoms with Crippen LogP contribution in [0.1, 0.15) is 49.7 Å². The van der Waals surface area contributed by atoms with Crippen LogP contribution in [0.2, 0.25) is 0 Å². The number of hydrogen-bond donors (Lipinski definition) is 1. The number of imidazole rings is 1. The van der Waals surface area contributed by atoms with Gasteiger partial charge in [0.05, 0.1) is 39.9 Å². The maximum atomic E-state index is 13.3. The van der Waals surface area contributed by atoms with Crippen LogP contribution in [0.3, 0.4) is 0 Å². The minimum atomic E-state index is -0.301. The first-order valence-corrected chi connectivity index (χ1v) is 11.6. The molecule has 164 valence electrons. The van der Waals surface area contributed by atoms with Gasteiger partial charge in [0.2, 0.25) is 11.7 Å². The van der Waals surface area contributed by atoms with E-state index < -0.39 is 0 Å². The minimum Gasteiger partial charge on any atom is -0.474 e. The fourth-order valence-corrected chi connectivity index (χ4v) is 5.66. The molecule has 7 rings (SSSR count). The minimum absolute atomic E-state index is 0.0309. The number of benzene rings is 1. The van der Waals surface area contributed by atoms with Crippen molar-refractivity contribution in [3.63, 3.8) is 0 Å². The molecule has 0 spiro atoms. The molecule has 8 nitrogen and oxygen atoms in total. The number of hydrogen-bond acceptors (Lipinski definition) is 7. The van der Waals surface area contributed by atoms with Gasteiger partial charge in [0, 0.05) is 17.8 Å². The summed E-state index contributed by atoms with van der Waals surface area (Å²) in [4.78, 5) is 27.0. The van der Waals surface area contributed by atoms with Gasteiger partial charge in [-0.3, -0.25) is 9.20 Å². The Kier molecular flexibility index (Phi) is 4.13. The zero-order valence-corrected chi connectivity index (χ0v) is 18.9. The van der Waals surface area contributed by atoms with E-state index in [1.165, 1.54) is 11.3 Å². The monoisotopic (exact) mass is 449 g/mol. The molecule has 2 aliphatic heterocycles. The van der Waals surface area contributed by atoms with Crippen molar-refractivity contribution in [3.05, 3.63) is 47.4 Å². The smallest absolute Gasteiger partial charge is 0.262 e. The first-order chi connectivity index (χ1) is 15.3. The molecule has 3 aromatic heterocycles. The van der Waals surface area contributed by atoms with Crippen molar-refractivity contribution < 1.29 is 14.3 Å². The van der Waals surface area contributed by atoms with Crippen molar-refractivity contribution in [1.29, 1.82) is 0 Å². The largest absolute Gasteiger partial charge is 0.474 e. The molecule has 1 N–H and O–H groups in total. The van der Waals surface area contributed by atoms with Crippen molar-refractivity contribution in [2.24, 2.45) is 0 Å². The number of nitrogens with zero attached hydrogens (tertiary/aromatic N) is 4. The van der Waals surface area contributed by atoms with Crippen LogP contribution in [0.25, 0.3) is 16.0 Å². The Bertz CT molecular complexity index is 1370. The Morgan fingerprint density at radius 2 is 2.12 bits per heavy atom. The van der Waals surface area contributed by atoms with Crippen LogP contribution in [-0.2, 0) is 10.2 Å². The summed E-state index contributed by atoms with van der Waals surface area (Å²) >= 11 is 1.53. The molecule has 1 saturated carbocycles.